The minimum Gasteiger partial charge on any atom is -0.399 e. The van der Waals surface area contributed by atoms with E-state index in [-0.39, 0.29) is 11.5 Å². The summed E-state index contributed by atoms with van der Waals surface area (Å²) in [5.41, 5.74) is 6.32. The topological polar surface area (TPSA) is 60.2 Å². The molecule has 0 unspecified atom stereocenters. The predicted molar refractivity (Wildman–Crippen MR) is 75.5 cm³/mol. The fourth-order valence-corrected chi connectivity index (χ4v) is 3.51. The highest BCUT2D eigenvalue weighted by molar-refractivity contribution is 7.99. The van der Waals surface area contributed by atoms with Gasteiger partial charge in [-0.15, -0.1) is 11.8 Å². The lowest BCUT2D eigenvalue weighted by molar-refractivity contribution is 0.596. The molecule has 0 amide bonds. The van der Waals surface area contributed by atoms with E-state index in [0.29, 0.717) is 17.1 Å². The Kier molecular flexibility index (Phi) is 5.62. The number of sulfone groups is 1. The van der Waals surface area contributed by atoms with E-state index < -0.39 is 9.84 Å². The minimum absolute atomic E-state index is 0.205. The molecule has 3 nitrogen and oxygen atoms in total. The van der Waals surface area contributed by atoms with E-state index in [1.54, 1.807) is 25.1 Å². The molecule has 0 heterocycles. The Morgan fingerprint density at radius 3 is 2.76 bits per heavy atom. The molecule has 0 atom stereocenters. The minimum atomic E-state index is -2.86. The molecule has 0 aliphatic heterocycles. The maximum absolute atomic E-state index is 11.3. The first-order valence-corrected chi connectivity index (χ1v) is 8.51. The molecule has 0 bridgehead atoms. The summed E-state index contributed by atoms with van der Waals surface area (Å²) in [6, 6.07) is 5.30. The van der Waals surface area contributed by atoms with E-state index in [1.807, 2.05) is 0 Å². The lowest BCUT2D eigenvalue weighted by Gasteiger charge is -2.05. The summed E-state index contributed by atoms with van der Waals surface area (Å²) >= 11 is 7.53. The number of halogens is 1. The second-order valence-electron chi connectivity index (χ2n) is 3.63. The second kappa shape index (κ2) is 6.52. The van der Waals surface area contributed by atoms with Crippen molar-refractivity contribution in [3.8, 4) is 0 Å². The van der Waals surface area contributed by atoms with Crippen molar-refractivity contribution < 1.29 is 8.42 Å². The van der Waals surface area contributed by atoms with Crippen LogP contribution in [0.25, 0.3) is 0 Å². The van der Waals surface area contributed by atoms with Gasteiger partial charge in [-0.3, -0.25) is 0 Å². The van der Waals surface area contributed by atoms with E-state index in [1.165, 1.54) is 11.8 Å². The van der Waals surface area contributed by atoms with Gasteiger partial charge in [0.05, 0.1) is 10.8 Å². The van der Waals surface area contributed by atoms with Gasteiger partial charge in [-0.2, -0.15) is 0 Å². The zero-order valence-electron chi connectivity index (χ0n) is 9.65. The summed E-state index contributed by atoms with van der Waals surface area (Å²) in [4.78, 5) is 0.903. The molecule has 1 rings (SSSR count). The number of benzene rings is 1. The fourth-order valence-electron chi connectivity index (χ4n) is 1.24. The maximum Gasteiger partial charge on any atom is 0.150 e. The third kappa shape index (κ3) is 5.19. The molecule has 0 aromatic heterocycles. The van der Waals surface area contributed by atoms with Crippen molar-refractivity contribution in [3.05, 3.63) is 23.2 Å². The van der Waals surface area contributed by atoms with Gasteiger partial charge in [-0.05, 0) is 30.4 Å². The van der Waals surface area contributed by atoms with E-state index in [2.05, 4.69) is 0 Å². The van der Waals surface area contributed by atoms with Gasteiger partial charge in [0, 0.05) is 16.3 Å². The molecule has 0 saturated carbocycles. The standard InChI is InChI=1S/C11H16ClNO2S2/c1-2-17(14,15)7-3-6-16-11-8-9(13)4-5-10(11)12/h4-5,8H,2-3,6-7,13H2,1H3. The van der Waals surface area contributed by atoms with Gasteiger partial charge in [0.2, 0.25) is 0 Å². The molecule has 0 spiro atoms. The summed E-state index contributed by atoms with van der Waals surface area (Å²) < 4.78 is 22.6. The Hall–Kier alpha value is -0.390. The maximum atomic E-state index is 11.3. The molecule has 96 valence electrons. The normalized spacial score (nSPS) is 11.6. The smallest absolute Gasteiger partial charge is 0.150 e. The number of nitrogens with two attached hydrogens (primary N) is 1. The fraction of sp³-hybridized carbons (Fsp3) is 0.455. The molecule has 17 heavy (non-hydrogen) atoms. The second-order valence-corrected chi connectivity index (χ2v) is 7.64. The monoisotopic (exact) mass is 293 g/mol. The lowest BCUT2D eigenvalue weighted by atomic mass is 10.3. The molecule has 0 aliphatic carbocycles. The lowest BCUT2D eigenvalue weighted by Crippen LogP contribution is -2.09. The predicted octanol–water partition coefficient (Wildman–Crippen LogP) is 2.84. The van der Waals surface area contributed by atoms with Crippen molar-refractivity contribution in [1.82, 2.24) is 0 Å². The van der Waals surface area contributed by atoms with Crippen LogP contribution in [0.4, 0.5) is 5.69 Å². The SMILES string of the molecule is CCS(=O)(=O)CCCSc1cc(N)ccc1Cl. The molecule has 0 aliphatic rings. The van der Waals surface area contributed by atoms with Crippen LogP contribution in [0.5, 0.6) is 0 Å². The van der Waals surface area contributed by atoms with Crippen molar-refractivity contribution in [2.24, 2.45) is 0 Å². The first-order chi connectivity index (χ1) is 7.94. The molecule has 1 aromatic rings. The van der Waals surface area contributed by atoms with Gasteiger partial charge in [0.25, 0.3) is 0 Å². The zero-order valence-corrected chi connectivity index (χ0v) is 12.0. The van der Waals surface area contributed by atoms with Crippen molar-refractivity contribution in [2.75, 3.05) is 23.0 Å². The van der Waals surface area contributed by atoms with Crippen LogP contribution < -0.4 is 5.73 Å². The Morgan fingerprint density at radius 1 is 1.41 bits per heavy atom. The van der Waals surface area contributed by atoms with E-state index in [0.717, 1.165) is 10.6 Å². The van der Waals surface area contributed by atoms with Gasteiger partial charge in [0.15, 0.2) is 0 Å². The summed E-state index contributed by atoms with van der Waals surface area (Å²) in [5.74, 6) is 1.16. The zero-order chi connectivity index (χ0) is 12.9. The quantitative estimate of drug-likeness (QED) is 0.498. The Morgan fingerprint density at radius 2 is 2.12 bits per heavy atom. The first-order valence-electron chi connectivity index (χ1n) is 5.33. The Labute approximate surface area is 112 Å². The molecule has 0 saturated heterocycles. The highest BCUT2D eigenvalue weighted by Crippen LogP contribution is 2.29. The summed E-state index contributed by atoms with van der Waals surface area (Å²) in [7, 11) is -2.86. The number of hydrogen-bond acceptors (Lipinski definition) is 4. The van der Waals surface area contributed by atoms with Gasteiger partial charge < -0.3 is 5.73 Å². The van der Waals surface area contributed by atoms with E-state index in [4.69, 9.17) is 17.3 Å². The number of nitrogen functional groups attached to an aromatic ring is 1. The van der Waals surface area contributed by atoms with Crippen LogP contribution in [0.3, 0.4) is 0 Å². The van der Waals surface area contributed by atoms with Crippen LogP contribution in [0.2, 0.25) is 5.02 Å². The van der Waals surface area contributed by atoms with Crippen LogP contribution in [0.15, 0.2) is 23.1 Å². The number of thioether (sulfide) groups is 1. The van der Waals surface area contributed by atoms with E-state index in [9.17, 15) is 8.42 Å². The summed E-state index contributed by atoms with van der Waals surface area (Å²) in [5, 5.41) is 0.655. The largest absolute Gasteiger partial charge is 0.399 e. The molecule has 0 fully saturated rings. The molecule has 6 heteroatoms. The molecular weight excluding hydrogens is 278 g/mol. The van der Waals surface area contributed by atoms with Crippen LogP contribution in [-0.2, 0) is 9.84 Å². The van der Waals surface area contributed by atoms with Gasteiger partial charge in [0.1, 0.15) is 9.84 Å². The van der Waals surface area contributed by atoms with Crippen molar-refractivity contribution in [1.29, 1.82) is 0 Å². The van der Waals surface area contributed by atoms with Crippen LogP contribution >= 0.6 is 23.4 Å². The third-order valence-electron chi connectivity index (χ3n) is 2.25. The van der Waals surface area contributed by atoms with Crippen LogP contribution in [-0.4, -0.2) is 25.7 Å². The van der Waals surface area contributed by atoms with Gasteiger partial charge >= 0.3 is 0 Å². The Balaban J connectivity index is 2.44. The summed E-state index contributed by atoms with van der Waals surface area (Å²) in [6.07, 6.45) is 0.631. The van der Waals surface area contributed by atoms with Crippen LogP contribution in [0, 0.1) is 0 Å². The highest BCUT2D eigenvalue weighted by Gasteiger charge is 2.07. The molecule has 0 radical (unpaired) electrons. The van der Waals surface area contributed by atoms with Crippen molar-refractivity contribution in [3.63, 3.8) is 0 Å². The molecular formula is C11H16ClNO2S2. The van der Waals surface area contributed by atoms with Crippen LogP contribution in [0.1, 0.15) is 13.3 Å². The third-order valence-corrected chi connectivity index (χ3v) is 5.63. The summed E-state index contributed by atoms with van der Waals surface area (Å²) in [6.45, 7) is 1.66. The average molecular weight is 294 g/mol. The highest BCUT2D eigenvalue weighted by atomic mass is 35.5. The van der Waals surface area contributed by atoms with Crippen molar-refractivity contribution >= 4 is 38.9 Å². The van der Waals surface area contributed by atoms with Gasteiger partial charge in [-0.25, -0.2) is 8.42 Å². The number of hydrogen-bond donors (Lipinski definition) is 1. The molecule has 2 N–H and O–H groups in total. The average Bonchev–Trinajstić information content (AvgIpc) is 2.29. The number of rotatable bonds is 6. The van der Waals surface area contributed by atoms with Gasteiger partial charge in [-0.1, -0.05) is 18.5 Å². The van der Waals surface area contributed by atoms with E-state index >= 15 is 0 Å². The number of anilines is 1. The Bertz CT molecular complexity index is 474. The molecule has 1 aromatic carbocycles. The first kappa shape index (κ1) is 14.7. The van der Waals surface area contributed by atoms with Crippen molar-refractivity contribution in [2.45, 2.75) is 18.2 Å².